The topological polar surface area (TPSA) is 21.3 Å². The summed E-state index contributed by atoms with van der Waals surface area (Å²) in [5.41, 5.74) is 0.637. The Kier molecular flexibility index (Phi) is 3.94. The average molecular weight is 267 g/mol. The normalized spacial score (nSPS) is 10.3. The fourth-order valence-corrected chi connectivity index (χ4v) is 1.63. The summed E-state index contributed by atoms with van der Waals surface area (Å²) in [6.45, 7) is 0.254. The Morgan fingerprint density at radius 1 is 1.05 bits per heavy atom. The summed E-state index contributed by atoms with van der Waals surface area (Å²) in [5.74, 6) is -2.42. The zero-order valence-corrected chi connectivity index (χ0v) is 10.2. The smallest absolute Gasteiger partial charge is 0.182 e. The van der Waals surface area contributed by atoms with E-state index in [4.69, 9.17) is 4.74 Å². The third kappa shape index (κ3) is 3.19. The molecule has 0 bridgehead atoms. The van der Waals surface area contributed by atoms with Crippen LogP contribution >= 0.6 is 0 Å². The summed E-state index contributed by atoms with van der Waals surface area (Å²) >= 11 is 0. The monoisotopic (exact) mass is 267 g/mol. The van der Waals surface area contributed by atoms with E-state index in [1.54, 1.807) is 31.4 Å². The first kappa shape index (κ1) is 13.3. The van der Waals surface area contributed by atoms with Crippen molar-refractivity contribution in [3.05, 3.63) is 59.4 Å². The number of anilines is 1. The summed E-state index contributed by atoms with van der Waals surface area (Å²) in [7, 11) is 1.55. The van der Waals surface area contributed by atoms with Crippen LogP contribution in [0.5, 0.6) is 5.75 Å². The van der Waals surface area contributed by atoms with Gasteiger partial charge in [-0.25, -0.2) is 13.2 Å². The van der Waals surface area contributed by atoms with Gasteiger partial charge in [-0.15, -0.1) is 0 Å². The van der Waals surface area contributed by atoms with E-state index in [0.717, 1.165) is 11.6 Å². The van der Waals surface area contributed by atoms with Gasteiger partial charge in [0.2, 0.25) is 0 Å². The quantitative estimate of drug-likeness (QED) is 0.852. The zero-order valence-electron chi connectivity index (χ0n) is 10.2. The van der Waals surface area contributed by atoms with E-state index in [1.807, 2.05) is 0 Å². The van der Waals surface area contributed by atoms with E-state index in [0.29, 0.717) is 11.8 Å². The molecular weight excluding hydrogens is 255 g/mol. The highest BCUT2D eigenvalue weighted by atomic mass is 19.2. The summed E-state index contributed by atoms with van der Waals surface area (Å²) in [5, 5.41) is 2.65. The first-order valence-corrected chi connectivity index (χ1v) is 5.61. The summed E-state index contributed by atoms with van der Waals surface area (Å²) in [4.78, 5) is 0. The largest absolute Gasteiger partial charge is 0.497 e. The molecule has 2 aromatic carbocycles. The third-order valence-electron chi connectivity index (χ3n) is 2.64. The predicted molar refractivity (Wildman–Crippen MR) is 66.6 cm³/mol. The van der Waals surface area contributed by atoms with Gasteiger partial charge in [-0.05, 0) is 17.7 Å². The lowest BCUT2D eigenvalue weighted by Crippen LogP contribution is -2.03. The van der Waals surface area contributed by atoms with Crippen LogP contribution in [0.2, 0.25) is 0 Å². The number of benzene rings is 2. The number of nitrogens with one attached hydrogen (secondary N) is 1. The zero-order chi connectivity index (χ0) is 13.8. The molecule has 0 heterocycles. The fourth-order valence-electron chi connectivity index (χ4n) is 1.63. The minimum absolute atomic E-state index is 0.201. The van der Waals surface area contributed by atoms with Gasteiger partial charge in [-0.3, -0.25) is 0 Å². The van der Waals surface area contributed by atoms with Crippen LogP contribution in [0.25, 0.3) is 0 Å². The van der Waals surface area contributed by atoms with Crippen LogP contribution in [-0.4, -0.2) is 7.11 Å². The van der Waals surface area contributed by atoms with Gasteiger partial charge in [0.15, 0.2) is 11.6 Å². The summed E-state index contributed by atoms with van der Waals surface area (Å²) in [6, 6.07) is 8.48. The Labute approximate surface area is 108 Å². The molecule has 0 aromatic heterocycles. The molecule has 0 saturated carbocycles. The third-order valence-corrected chi connectivity index (χ3v) is 2.64. The van der Waals surface area contributed by atoms with Crippen molar-refractivity contribution in [2.45, 2.75) is 6.54 Å². The molecule has 100 valence electrons. The lowest BCUT2D eigenvalue weighted by molar-refractivity contribution is 0.414. The molecule has 0 saturated heterocycles. The molecule has 0 amide bonds. The molecule has 2 aromatic rings. The maximum absolute atomic E-state index is 13.4. The van der Waals surface area contributed by atoms with Gasteiger partial charge in [-0.2, -0.15) is 0 Å². The highest BCUT2D eigenvalue weighted by molar-refractivity contribution is 5.46. The highest BCUT2D eigenvalue weighted by Gasteiger charge is 2.10. The molecule has 5 heteroatoms. The van der Waals surface area contributed by atoms with Gasteiger partial charge >= 0.3 is 0 Å². The van der Waals surface area contributed by atoms with Crippen LogP contribution in [0.1, 0.15) is 5.56 Å². The van der Waals surface area contributed by atoms with Crippen molar-refractivity contribution in [3.8, 4) is 5.75 Å². The Morgan fingerprint density at radius 3 is 2.37 bits per heavy atom. The number of methoxy groups -OCH3 is 1. The SMILES string of the molecule is COc1ccc(CNc2cc(F)cc(F)c2F)cc1. The van der Waals surface area contributed by atoms with Gasteiger partial charge in [0.1, 0.15) is 11.6 Å². The van der Waals surface area contributed by atoms with Crippen LogP contribution in [0, 0.1) is 17.5 Å². The molecule has 0 fully saturated rings. The van der Waals surface area contributed by atoms with E-state index < -0.39 is 17.5 Å². The molecule has 0 aliphatic heterocycles. The van der Waals surface area contributed by atoms with Crippen molar-refractivity contribution in [3.63, 3.8) is 0 Å². The predicted octanol–water partition coefficient (Wildman–Crippen LogP) is 3.72. The maximum Gasteiger partial charge on any atom is 0.182 e. The van der Waals surface area contributed by atoms with Gasteiger partial charge < -0.3 is 10.1 Å². The number of hydrogen-bond donors (Lipinski definition) is 1. The Balaban J connectivity index is 2.09. The molecule has 2 rings (SSSR count). The summed E-state index contributed by atoms with van der Waals surface area (Å²) in [6.07, 6.45) is 0. The van der Waals surface area contributed by atoms with Gasteiger partial charge in [0.25, 0.3) is 0 Å². The van der Waals surface area contributed by atoms with Crippen molar-refractivity contribution >= 4 is 5.69 Å². The van der Waals surface area contributed by atoms with Gasteiger partial charge in [0.05, 0.1) is 12.8 Å². The number of halogens is 3. The molecule has 1 N–H and O–H groups in total. The van der Waals surface area contributed by atoms with Crippen molar-refractivity contribution < 1.29 is 17.9 Å². The highest BCUT2D eigenvalue weighted by Crippen LogP contribution is 2.20. The first-order valence-electron chi connectivity index (χ1n) is 5.61. The molecule has 19 heavy (non-hydrogen) atoms. The van der Waals surface area contributed by atoms with Crippen LogP contribution in [0.3, 0.4) is 0 Å². The average Bonchev–Trinajstić information content (AvgIpc) is 2.41. The van der Waals surface area contributed by atoms with Crippen LogP contribution in [0.4, 0.5) is 18.9 Å². The van der Waals surface area contributed by atoms with Gasteiger partial charge in [0, 0.05) is 18.7 Å². The van der Waals surface area contributed by atoms with Crippen molar-refractivity contribution in [2.24, 2.45) is 0 Å². The van der Waals surface area contributed by atoms with E-state index in [1.165, 1.54) is 0 Å². The van der Waals surface area contributed by atoms with Gasteiger partial charge in [-0.1, -0.05) is 12.1 Å². The fraction of sp³-hybridized carbons (Fsp3) is 0.143. The number of hydrogen-bond acceptors (Lipinski definition) is 2. The lowest BCUT2D eigenvalue weighted by Gasteiger charge is -2.09. The van der Waals surface area contributed by atoms with E-state index in [9.17, 15) is 13.2 Å². The molecule has 0 aliphatic rings. The van der Waals surface area contributed by atoms with Crippen LogP contribution < -0.4 is 10.1 Å². The lowest BCUT2D eigenvalue weighted by atomic mass is 10.2. The second-order valence-corrected chi connectivity index (χ2v) is 3.95. The second-order valence-electron chi connectivity index (χ2n) is 3.95. The maximum atomic E-state index is 13.4. The standard InChI is InChI=1S/C14H12F3NO/c1-19-11-4-2-9(3-5-11)8-18-13-7-10(15)6-12(16)14(13)17/h2-7,18H,8H2,1H3. The first-order chi connectivity index (χ1) is 9.10. The molecule has 0 unspecified atom stereocenters. The van der Waals surface area contributed by atoms with Crippen molar-refractivity contribution in [1.29, 1.82) is 0 Å². The molecule has 0 aliphatic carbocycles. The molecule has 0 atom stereocenters. The number of rotatable bonds is 4. The molecule has 2 nitrogen and oxygen atoms in total. The molecular formula is C14H12F3NO. The van der Waals surface area contributed by atoms with E-state index in [-0.39, 0.29) is 12.2 Å². The number of ether oxygens (including phenoxy) is 1. The molecule has 0 spiro atoms. The van der Waals surface area contributed by atoms with Crippen LogP contribution in [0.15, 0.2) is 36.4 Å². The Bertz CT molecular complexity index is 570. The summed E-state index contributed by atoms with van der Waals surface area (Å²) < 4.78 is 44.3. The Hall–Kier alpha value is -2.17. The second kappa shape index (κ2) is 5.65. The van der Waals surface area contributed by atoms with Crippen molar-refractivity contribution in [1.82, 2.24) is 0 Å². The van der Waals surface area contributed by atoms with E-state index >= 15 is 0 Å². The Morgan fingerprint density at radius 2 is 1.74 bits per heavy atom. The van der Waals surface area contributed by atoms with Crippen LogP contribution in [-0.2, 0) is 6.54 Å². The molecule has 0 radical (unpaired) electrons. The van der Waals surface area contributed by atoms with E-state index in [2.05, 4.69) is 5.32 Å². The van der Waals surface area contributed by atoms with Crippen molar-refractivity contribution in [2.75, 3.05) is 12.4 Å². The minimum atomic E-state index is -1.21. The minimum Gasteiger partial charge on any atom is -0.497 e.